The molecule has 0 aliphatic rings. The van der Waals surface area contributed by atoms with Gasteiger partial charge in [-0.1, -0.05) is 36.4 Å². The van der Waals surface area contributed by atoms with Crippen molar-refractivity contribution in [3.63, 3.8) is 0 Å². The van der Waals surface area contributed by atoms with Crippen LogP contribution in [0.15, 0.2) is 129 Å². The molecule has 4 heterocycles. The number of para-hydroxylation sites is 3. The second-order valence-electron chi connectivity index (χ2n) is 11.3. The van der Waals surface area contributed by atoms with E-state index >= 15 is 0 Å². The van der Waals surface area contributed by atoms with E-state index in [-0.39, 0.29) is 0 Å². The lowest BCUT2D eigenvalue weighted by molar-refractivity contribution is -0.108. The largest absolute Gasteiger partial charge is 0.493 e. The summed E-state index contributed by atoms with van der Waals surface area (Å²) in [5.74, 6) is 3.34. The Hall–Kier alpha value is -6.60. The summed E-state index contributed by atoms with van der Waals surface area (Å²) < 4.78 is 17.1. The number of benzene rings is 3. The molecule has 7 rings (SSSR count). The molecule has 0 spiro atoms. The second-order valence-corrected chi connectivity index (χ2v) is 11.3. The van der Waals surface area contributed by atoms with Crippen LogP contribution in [-0.2, 0) is 11.2 Å². The number of aromatic nitrogens is 8. The molecular formula is C40H43N9O4. The van der Waals surface area contributed by atoms with Gasteiger partial charge in [0.25, 0.3) is 0 Å². The number of carbonyl (C=O) groups excluding carboxylic acids is 1. The molecule has 272 valence electrons. The molecule has 0 atom stereocenters. The van der Waals surface area contributed by atoms with Gasteiger partial charge in [-0.05, 0) is 55.3 Å². The molecule has 3 aromatic carbocycles. The van der Waals surface area contributed by atoms with Gasteiger partial charge in [0.2, 0.25) is 0 Å². The first-order valence-electron chi connectivity index (χ1n) is 17.3. The number of nitrogens with zero attached hydrogens (tertiary/aromatic N) is 5. The van der Waals surface area contributed by atoms with Crippen molar-refractivity contribution in [1.82, 2.24) is 39.9 Å². The number of carbonyl (C=O) groups is 1. The summed E-state index contributed by atoms with van der Waals surface area (Å²) in [6.07, 6.45) is 17.7. The molecule has 13 heteroatoms. The molecule has 0 saturated heterocycles. The van der Waals surface area contributed by atoms with Gasteiger partial charge < -0.3 is 39.7 Å². The van der Waals surface area contributed by atoms with Crippen molar-refractivity contribution in [2.45, 2.75) is 25.7 Å². The van der Waals surface area contributed by atoms with Gasteiger partial charge in [0.1, 0.15) is 36.0 Å². The standard InChI is InChI=1S/C16H16N4O.C13H14N2O2.C11H13N3O/c1-2-6-15(13(5-1)14-11-17-12-20-14)21-10-3-7-16-18-8-4-9-19-16;16-7-3-4-8-17-13-6-2-1-5-11(13)12-9-14-10-15-12;12-5-6-15-11-4-2-1-3-9(11)10-7-13-8-14-10/h1-2,4-6,8-9,11-12H,3,7,10H2,(H,17,20);1-2,5-7,9-10H,3-4,8H2,(H,14,15);1-4,7-8H,5-6,12H2,(H,13,14). The van der Waals surface area contributed by atoms with Crippen molar-refractivity contribution in [1.29, 1.82) is 0 Å². The molecule has 13 nitrogen and oxygen atoms in total. The molecule has 5 N–H and O–H groups in total. The van der Waals surface area contributed by atoms with Crippen LogP contribution >= 0.6 is 0 Å². The van der Waals surface area contributed by atoms with Crippen LogP contribution in [0.2, 0.25) is 0 Å². The highest BCUT2D eigenvalue weighted by molar-refractivity contribution is 5.67. The van der Waals surface area contributed by atoms with Crippen LogP contribution in [-0.4, -0.2) is 72.5 Å². The number of H-pyrrole nitrogens is 3. The van der Waals surface area contributed by atoms with E-state index in [4.69, 9.17) is 19.9 Å². The van der Waals surface area contributed by atoms with Gasteiger partial charge in [0.05, 0.1) is 67.9 Å². The molecule has 0 bridgehead atoms. The molecule has 0 fully saturated rings. The summed E-state index contributed by atoms with van der Waals surface area (Å²) in [6, 6.07) is 25.3. The number of rotatable bonds is 16. The number of aromatic amines is 3. The van der Waals surface area contributed by atoms with Crippen LogP contribution in [0.1, 0.15) is 25.1 Å². The maximum atomic E-state index is 10.2. The molecule has 0 aliphatic carbocycles. The first-order chi connectivity index (χ1) is 26.3. The highest BCUT2D eigenvalue weighted by Gasteiger charge is 2.08. The zero-order valence-corrected chi connectivity index (χ0v) is 29.3. The van der Waals surface area contributed by atoms with Crippen molar-refractivity contribution >= 4 is 6.29 Å². The van der Waals surface area contributed by atoms with Crippen LogP contribution in [0.25, 0.3) is 33.8 Å². The Morgan fingerprint density at radius 3 is 1.42 bits per heavy atom. The van der Waals surface area contributed by atoms with E-state index in [0.717, 1.165) is 82.4 Å². The van der Waals surface area contributed by atoms with Crippen molar-refractivity contribution in [2.75, 3.05) is 26.4 Å². The van der Waals surface area contributed by atoms with Gasteiger partial charge in [-0.3, -0.25) is 0 Å². The van der Waals surface area contributed by atoms with Crippen molar-refractivity contribution in [3.8, 4) is 51.0 Å². The minimum absolute atomic E-state index is 0.511. The third kappa shape index (κ3) is 12.0. The Balaban J connectivity index is 0.000000156. The quantitative estimate of drug-likeness (QED) is 0.0619. The summed E-state index contributed by atoms with van der Waals surface area (Å²) in [6.45, 7) is 2.20. The van der Waals surface area contributed by atoms with Gasteiger partial charge in [-0.15, -0.1) is 0 Å². The molecule has 4 aromatic heterocycles. The average Bonchev–Trinajstić information content (AvgIpc) is 4.05. The monoisotopic (exact) mass is 713 g/mol. The van der Waals surface area contributed by atoms with Crippen molar-refractivity contribution < 1.29 is 19.0 Å². The molecule has 0 radical (unpaired) electrons. The summed E-state index contributed by atoms with van der Waals surface area (Å²) in [4.78, 5) is 39.8. The molecule has 7 aromatic rings. The molecule has 53 heavy (non-hydrogen) atoms. The lowest BCUT2D eigenvalue weighted by Crippen LogP contribution is -2.10. The summed E-state index contributed by atoms with van der Waals surface area (Å²) >= 11 is 0. The summed E-state index contributed by atoms with van der Waals surface area (Å²) in [5, 5.41) is 0. The van der Waals surface area contributed by atoms with Gasteiger partial charge in [0.15, 0.2) is 0 Å². The van der Waals surface area contributed by atoms with Crippen molar-refractivity contribution in [3.05, 3.63) is 135 Å². The Morgan fingerprint density at radius 1 is 0.566 bits per heavy atom. The number of nitrogens with one attached hydrogen (secondary N) is 3. The van der Waals surface area contributed by atoms with E-state index in [1.807, 2.05) is 78.9 Å². The third-order valence-corrected chi connectivity index (χ3v) is 7.55. The number of hydrogen-bond donors (Lipinski definition) is 4. The fraction of sp³-hybridized carbons (Fsp3) is 0.200. The first kappa shape index (κ1) is 37.7. The number of unbranched alkanes of at least 4 members (excludes halogenated alkanes) is 1. The topological polar surface area (TPSA) is 183 Å². The number of hydrogen-bond acceptors (Lipinski definition) is 10. The zero-order chi connectivity index (χ0) is 36.8. The van der Waals surface area contributed by atoms with Crippen LogP contribution in [0.4, 0.5) is 0 Å². The maximum Gasteiger partial charge on any atom is 0.128 e. The maximum absolute atomic E-state index is 10.2. The average molecular weight is 714 g/mol. The van der Waals surface area contributed by atoms with Gasteiger partial charge in [-0.2, -0.15) is 0 Å². The highest BCUT2D eigenvalue weighted by Crippen LogP contribution is 2.29. The van der Waals surface area contributed by atoms with Gasteiger partial charge in [-0.25, -0.2) is 24.9 Å². The Labute approximate surface area is 308 Å². The molecular weight excluding hydrogens is 670 g/mol. The fourth-order valence-corrected chi connectivity index (χ4v) is 5.04. The van der Waals surface area contributed by atoms with E-state index in [1.165, 1.54) is 0 Å². The normalized spacial score (nSPS) is 10.3. The zero-order valence-electron chi connectivity index (χ0n) is 29.3. The SMILES string of the molecule is NCCOc1ccccc1-c1cnc[nH]1.O=CCCCOc1ccccc1-c1cnc[nH]1.c1cnc(CCCOc2ccccc2-c2cnc[nH]2)nc1. The summed E-state index contributed by atoms with van der Waals surface area (Å²) in [5.41, 5.74) is 11.2. The number of imidazole rings is 3. The molecule has 0 unspecified atom stereocenters. The predicted molar refractivity (Wildman–Crippen MR) is 203 cm³/mol. The van der Waals surface area contributed by atoms with Crippen LogP contribution in [0, 0.1) is 0 Å². The molecule has 0 amide bonds. The predicted octanol–water partition coefficient (Wildman–Crippen LogP) is 6.73. The van der Waals surface area contributed by atoms with Gasteiger partial charge >= 0.3 is 0 Å². The smallest absolute Gasteiger partial charge is 0.128 e. The first-order valence-corrected chi connectivity index (χ1v) is 17.3. The van der Waals surface area contributed by atoms with Crippen LogP contribution in [0.3, 0.4) is 0 Å². The number of aryl methyl sites for hydroxylation is 1. The Bertz CT molecular complexity index is 2000. The lowest BCUT2D eigenvalue weighted by atomic mass is 10.1. The van der Waals surface area contributed by atoms with E-state index in [0.29, 0.717) is 32.8 Å². The van der Waals surface area contributed by atoms with E-state index in [9.17, 15) is 4.79 Å². The number of aldehydes is 1. The fourth-order valence-electron chi connectivity index (χ4n) is 5.04. The minimum atomic E-state index is 0.511. The minimum Gasteiger partial charge on any atom is -0.493 e. The van der Waals surface area contributed by atoms with Crippen LogP contribution < -0.4 is 19.9 Å². The van der Waals surface area contributed by atoms with E-state index in [1.54, 1.807) is 50.0 Å². The Morgan fingerprint density at radius 2 is 1.00 bits per heavy atom. The highest BCUT2D eigenvalue weighted by atomic mass is 16.5. The van der Waals surface area contributed by atoms with E-state index < -0.39 is 0 Å². The third-order valence-electron chi connectivity index (χ3n) is 7.55. The van der Waals surface area contributed by atoms with Crippen molar-refractivity contribution in [2.24, 2.45) is 5.73 Å². The molecule has 0 saturated carbocycles. The molecule has 0 aliphatic heterocycles. The second kappa shape index (κ2) is 21.6. The Kier molecular flexibility index (Phi) is 15.3. The number of nitrogens with two attached hydrogens (primary N) is 1. The van der Waals surface area contributed by atoms with Gasteiger partial charge in [0, 0.05) is 48.5 Å². The number of ether oxygens (including phenoxy) is 3. The lowest BCUT2D eigenvalue weighted by Gasteiger charge is -2.10. The van der Waals surface area contributed by atoms with Crippen LogP contribution in [0.5, 0.6) is 17.2 Å². The summed E-state index contributed by atoms with van der Waals surface area (Å²) in [7, 11) is 0. The van der Waals surface area contributed by atoms with E-state index in [2.05, 4.69) is 39.9 Å².